The second-order valence-electron chi connectivity index (χ2n) is 3.93. The molecule has 1 heterocycles. The van der Waals surface area contributed by atoms with E-state index in [1.807, 2.05) is 13.0 Å². The Morgan fingerprint density at radius 1 is 1.50 bits per heavy atom. The lowest BCUT2D eigenvalue weighted by Gasteiger charge is -2.12. The molecule has 0 aliphatic rings. The maximum atomic E-state index is 11.8. The van der Waals surface area contributed by atoms with Gasteiger partial charge in [-0.1, -0.05) is 19.0 Å². The molecule has 1 amide bonds. The Labute approximate surface area is 111 Å². The number of amidine groups is 1. The largest absolute Gasteiger partial charge is 0.409 e. The molecular formula is C12H19N3O2S. The van der Waals surface area contributed by atoms with E-state index in [0.717, 1.165) is 11.3 Å². The Bertz CT molecular complexity index is 429. The van der Waals surface area contributed by atoms with Gasteiger partial charge in [-0.3, -0.25) is 4.79 Å². The number of thiophene rings is 1. The molecule has 100 valence electrons. The van der Waals surface area contributed by atoms with Gasteiger partial charge in [-0.2, -0.15) is 0 Å². The molecule has 1 aromatic rings. The molecule has 6 heteroatoms. The summed E-state index contributed by atoms with van der Waals surface area (Å²) in [7, 11) is 0. The highest BCUT2D eigenvalue weighted by atomic mass is 32.1. The fourth-order valence-corrected chi connectivity index (χ4v) is 2.50. The van der Waals surface area contributed by atoms with E-state index in [9.17, 15) is 4.79 Å². The highest BCUT2D eigenvalue weighted by Gasteiger charge is 2.20. The van der Waals surface area contributed by atoms with Crippen molar-refractivity contribution >= 4 is 23.1 Å². The molecular weight excluding hydrogens is 250 g/mol. The zero-order valence-electron chi connectivity index (χ0n) is 10.6. The van der Waals surface area contributed by atoms with E-state index >= 15 is 0 Å². The first-order valence-electron chi connectivity index (χ1n) is 5.95. The van der Waals surface area contributed by atoms with Crippen molar-refractivity contribution in [1.82, 2.24) is 5.32 Å². The lowest BCUT2D eigenvalue weighted by molar-refractivity contribution is -0.123. The lowest BCUT2D eigenvalue weighted by Crippen LogP contribution is -2.38. The predicted molar refractivity (Wildman–Crippen MR) is 72.7 cm³/mol. The Morgan fingerprint density at radius 2 is 2.17 bits per heavy atom. The normalized spacial score (nSPS) is 13.3. The summed E-state index contributed by atoms with van der Waals surface area (Å²) in [4.78, 5) is 14.2. The van der Waals surface area contributed by atoms with Crippen LogP contribution in [0.25, 0.3) is 0 Å². The molecule has 5 nitrogen and oxygen atoms in total. The Morgan fingerprint density at radius 3 is 2.67 bits per heavy atom. The Balaban J connectivity index is 2.54. The summed E-state index contributed by atoms with van der Waals surface area (Å²) in [6.07, 6.45) is 1.51. The van der Waals surface area contributed by atoms with E-state index < -0.39 is 5.92 Å². The zero-order valence-corrected chi connectivity index (χ0v) is 11.5. The molecule has 0 saturated heterocycles. The van der Waals surface area contributed by atoms with E-state index in [1.54, 1.807) is 11.3 Å². The van der Waals surface area contributed by atoms with Crippen molar-refractivity contribution in [3.63, 3.8) is 0 Å². The van der Waals surface area contributed by atoms with Crippen LogP contribution in [0.1, 0.15) is 30.0 Å². The van der Waals surface area contributed by atoms with Crippen LogP contribution in [0.4, 0.5) is 0 Å². The maximum absolute atomic E-state index is 11.8. The van der Waals surface area contributed by atoms with E-state index in [4.69, 9.17) is 10.9 Å². The smallest absolute Gasteiger partial charge is 0.231 e. The first kappa shape index (κ1) is 14.5. The summed E-state index contributed by atoms with van der Waals surface area (Å²) < 4.78 is 0. The van der Waals surface area contributed by atoms with Crippen LogP contribution >= 0.6 is 11.3 Å². The van der Waals surface area contributed by atoms with Crippen molar-refractivity contribution in [1.29, 1.82) is 0 Å². The Kier molecular flexibility index (Phi) is 5.64. The highest BCUT2D eigenvalue weighted by molar-refractivity contribution is 7.11. The SMILES string of the molecule is CCc1ccc(CNC(=O)C(CC)/C(N)=N/O)s1. The predicted octanol–water partition coefficient (Wildman–Crippen LogP) is 1.70. The number of oxime groups is 1. The van der Waals surface area contributed by atoms with Crippen LogP contribution in [0.15, 0.2) is 17.3 Å². The van der Waals surface area contributed by atoms with Crippen LogP contribution in [-0.2, 0) is 17.8 Å². The third kappa shape index (κ3) is 3.73. The van der Waals surface area contributed by atoms with Gasteiger partial charge in [0.1, 0.15) is 0 Å². The van der Waals surface area contributed by atoms with Crippen LogP contribution in [0.3, 0.4) is 0 Å². The summed E-state index contributed by atoms with van der Waals surface area (Å²) in [5, 5.41) is 14.3. The van der Waals surface area contributed by atoms with Gasteiger partial charge in [-0.05, 0) is 25.0 Å². The molecule has 1 rings (SSSR count). The molecule has 0 aromatic carbocycles. The molecule has 0 spiro atoms. The summed E-state index contributed by atoms with van der Waals surface area (Å²) in [5.74, 6) is -0.824. The van der Waals surface area contributed by atoms with E-state index in [0.29, 0.717) is 13.0 Å². The molecule has 0 aliphatic carbocycles. The standard InChI is InChI=1S/C12H19N3O2S/c1-3-8-5-6-9(18-8)7-14-12(16)10(4-2)11(13)15-17/h5-6,10,17H,3-4,7H2,1-2H3,(H2,13,15)(H,14,16). The van der Waals surface area contributed by atoms with Crippen molar-refractivity contribution in [3.8, 4) is 0 Å². The monoisotopic (exact) mass is 269 g/mol. The first-order chi connectivity index (χ1) is 8.62. The average molecular weight is 269 g/mol. The van der Waals surface area contributed by atoms with Gasteiger partial charge < -0.3 is 16.3 Å². The zero-order chi connectivity index (χ0) is 13.5. The van der Waals surface area contributed by atoms with Gasteiger partial charge >= 0.3 is 0 Å². The van der Waals surface area contributed by atoms with Crippen LogP contribution in [0, 0.1) is 5.92 Å². The minimum atomic E-state index is -0.569. The number of nitrogens with two attached hydrogens (primary N) is 1. The topological polar surface area (TPSA) is 87.7 Å². The average Bonchev–Trinajstić information content (AvgIpc) is 2.84. The number of hydrogen-bond acceptors (Lipinski definition) is 4. The number of nitrogens with zero attached hydrogens (tertiary/aromatic N) is 1. The number of carbonyl (C=O) groups is 1. The summed E-state index contributed by atoms with van der Waals surface area (Å²) in [6.45, 7) is 4.40. The van der Waals surface area contributed by atoms with E-state index in [2.05, 4.69) is 23.5 Å². The maximum Gasteiger partial charge on any atom is 0.231 e. The highest BCUT2D eigenvalue weighted by Crippen LogP contribution is 2.16. The van der Waals surface area contributed by atoms with Crippen molar-refractivity contribution < 1.29 is 10.0 Å². The van der Waals surface area contributed by atoms with Gasteiger partial charge in [-0.15, -0.1) is 11.3 Å². The van der Waals surface area contributed by atoms with E-state index in [-0.39, 0.29) is 11.7 Å². The molecule has 0 bridgehead atoms. The van der Waals surface area contributed by atoms with Crippen LogP contribution in [0.5, 0.6) is 0 Å². The molecule has 1 aromatic heterocycles. The summed E-state index contributed by atoms with van der Waals surface area (Å²) in [5.41, 5.74) is 5.47. The van der Waals surface area contributed by atoms with Gasteiger partial charge in [0.05, 0.1) is 12.5 Å². The third-order valence-corrected chi connectivity index (χ3v) is 3.93. The summed E-state index contributed by atoms with van der Waals surface area (Å²) >= 11 is 1.68. The molecule has 0 aliphatic heterocycles. The lowest BCUT2D eigenvalue weighted by atomic mass is 10.1. The van der Waals surface area contributed by atoms with Gasteiger partial charge in [0.15, 0.2) is 5.84 Å². The number of aryl methyl sites for hydroxylation is 1. The van der Waals surface area contributed by atoms with E-state index in [1.165, 1.54) is 4.88 Å². The van der Waals surface area contributed by atoms with Gasteiger partial charge in [0, 0.05) is 9.75 Å². The van der Waals surface area contributed by atoms with Gasteiger partial charge in [0.25, 0.3) is 0 Å². The fourth-order valence-electron chi connectivity index (χ4n) is 1.60. The molecule has 0 saturated carbocycles. The van der Waals surface area contributed by atoms with Gasteiger partial charge in [-0.25, -0.2) is 0 Å². The molecule has 1 atom stereocenters. The van der Waals surface area contributed by atoms with Crippen molar-refractivity contribution in [2.75, 3.05) is 0 Å². The quantitative estimate of drug-likeness (QED) is 0.318. The number of hydrogen-bond donors (Lipinski definition) is 3. The number of rotatable bonds is 6. The number of amides is 1. The molecule has 1 unspecified atom stereocenters. The van der Waals surface area contributed by atoms with Crippen molar-refractivity contribution in [2.45, 2.75) is 33.2 Å². The first-order valence-corrected chi connectivity index (χ1v) is 6.76. The third-order valence-electron chi connectivity index (χ3n) is 2.70. The van der Waals surface area contributed by atoms with Crippen molar-refractivity contribution in [3.05, 3.63) is 21.9 Å². The molecule has 0 fully saturated rings. The molecule has 4 N–H and O–H groups in total. The number of nitrogens with one attached hydrogen (secondary N) is 1. The van der Waals surface area contributed by atoms with Crippen LogP contribution < -0.4 is 11.1 Å². The van der Waals surface area contributed by atoms with Crippen LogP contribution in [0.2, 0.25) is 0 Å². The number of carbonyl (C=O) groups excluding carboxylic acids is 1. The van der Waals surface area contributed by atoms with Crippen molar-refractivity contribution in [2.24, 2.45) is 16.8 Å². The fraction of sp³-hybridized carbons (Fsp3) is 0.500. The second-order valence-corrected chi connectivity index (χ2v) is 5.18. The Hall–Kier alpha value is -1.56. The molecule has 0 radical (unpaired) electrons. The summed E-state index contributed by atoms with van der Waals surface area (Å²) in [6, 6.07) is 4.07. The van der Waals surface area contributed by atoms with Gasteiger partial charge in [0.2, 0.25) is 5.91 Å². The minimum Gasteiger partial charge on any atom is -0.409 e. The van der Waals surface area contributed by atoms with Crippen LogP contribution in [-0.4, -0.2) is 17.0 Å². The molecule has 18 heavy (non-hydrogen) atoms. The minimum absolute atomic E-state index is 0.0459. The second kappa shape index (κ2) is 7.00.